The van der Waals surface area contributed by atoms with Crippen molar-refractivity contribution in [3.8, 4) is 17.1 Å². The fraction of sp³-hybridized carbons (Fsp3) is 0.182. The molecule has 0 aliphatic carbocycles. The van der Waals surface area contributed by atoms with E-state index in [4.69, 9.17) is 4.74 Å². The summed E-state index contributed by atoms with van der Waals surface area (Å²) in [5.41, 5.74) is 2.25. The van der Waals surface area contributed by atoms with E-state index in [0.717, 1.165) is 11.3 Å². The zero-order valence-corrected chi connectivity index (χ0v) is 12.5. The standard InChI is InChI=1S/C11H10N4OS3/c1-19-10-12-9-8(14-15-10)6-4-2-3-5-7(6)13-11(17,18)16-9/h2-5,13,17-18H,1H3. The first-order chi connectivity index (χ1) is 9.09. The molecule has 5 nitrogen and oxygen atoms in total. The highest BCUT2D eigenvalue weighted by Crippen LogP contribution is 2.40. The summed E-state index contributed by atoms with van der Waals surface area (Å²) >= 11 is 10.1. The molecule has 98 valence electrons. The van der Waals surface area contributed by atoms with Crippen LogP contribution in [0.15, 0.2) is 29.4 Å². The minimum Gasteiger partial charge on any atom is -0.430 e. The van der Waals surface area contributed by atoms with E-state index in [9.17, 15) is 0 Å². The molecule has 1 aromatic heterocycles. The third-order valence-electron chi connectivity index (χ3n) is 2.54. The molecule has 19 heavy (non-hydrogen) atoms. The maximum absolute atomic E-state index is 5.66. The molecule has 0 atom stereocenters. The van der Waals surface area contributed by atoms with Crippen LogP contribution in [0, 0.1) is 0 Å². The Morgan fingerprint density at radius 2 is 2.05 bits per heavy atom. The molecule has 0 radical (unpaired) electrons. The predicted octanol–water partition coefficient (Wildman–Crippen LogP) is 2.54. The van der Waals surface area contributed by atoms with Gasteiger partial charge in [0.2, 0.25) is 11.0 Å². The first-order valence-electron chi connectivity index (χ1n) is 5.39. The van der Waals surface area contributed by atoms with Gasteiger partial charge in [0.15, 0.2) is 5.69 Å². The fourth-order valence-electron chi connectivity index (χ4n) is 1.76. The van der Waals surface area contributed by atoms with E-state index in [1.807, 2.05) is 30.5 Å². The van der Waals surface area contributed by atoms with E-state index >= 15 is 0 Å². The van der Waals surface area contributed by atoms with Crippen molar-refractivity contribution in [3.05, 3.63) is 24.3 Å². The summed E-state index contributed by atoms with van der Waals surface area (Å²) in [7, 11) is 0. The molecule has 0 amide bonds. The molecular formula is C11H10N4OS3. The summed E-state index contributed by atoms with van der Waals surface area (Å²) in [5, 5.41) is 11.8. The minimum absolute atomic E-state index is 0.363. The van der Waals surface area contributed by atoms with Crippen molar-refractivity contribution < 1.29 is 4.74 Å². The molecule has 8 heteroatoms. The highest BCUT2D eigenvalue weighted by atomic mass is 32.2. The minimum atomic E-state index is -1.16. The molecule has 2 heterocycles. The molecule has 3 rings (SSSR count). The van der Waals surface area contributed by atoms with E-state index < -0.39 is 4.39 Å². The van der Waals surface area contributed by atoms with Crippen LogP contribution in [0.1, 0.15) is 0 Å². The Morgan fingerprint density at radius 3 is 2.84 bits per heavy atom. The van der Waals surface area contributed by atoms with Gasteiger partial charge in [-0.1, -0.05) is 55.2 Å². The number of hydrogen-bond acceptors (Lipinski definition) is 8. The lowest BCUT2D eigenvalue weighted by atomic mass is 10.1. The second-order valence-corrected chi connectivity index (χ2v) is 6.22. The average molecular weight is 310 g/mol. The van der Waals surface area contributed by atoms with Gasteiger partial charge in [0.1, 0.15) is 0 Å². The molecule has 0 saturated carbocycles. The van der Waals surface area contributed by atoms with Crippen LogP contribution in [-0.2, 0) is 0 Å². The zero-order valence-electron chi connectivity index (χ0n) is 9.86. The molecule has 1 aliphatic rings. The molecule has 2 aromatic rings. The van der Waals surface area contributed by atoms with E-state index in [2.05, 4.69) is 45.8 Å². The molecule has 0 unspecified atom stereocenters. The largest absolute Gasteiger partial charge is 0.430 e. The summed E-state index contributed by atoms with van der Waals surface area (Å²) in [6.45, 7) is 0. The number of aromatic nitrogens is 3. The maximum atomic E-state index is 5.66. The highest BCUT2D eigenvalue weighted by molar-refractivity contribution is 8.00. The van der Waals surface area contributed by atoms with Gasteiger partial charge in [-0.25, -0.2) is 0 Å². The number of nitrogens with zero attached hydrogens (tertiary/aromatic N) is 3. The Labute approximate surface area is 125 Å². The van der Waals surface area contributed by atoms with Crippen molar-refractivity contribution in [2.75, 3.05) is 11.6 Å². The normalized spacial score (nSPS) is 15.5. The lowest BCUT2D eigenvalue weighted by molar-refractivity contribution is 0.276. The first-order valence-corrected chi connectivity index (χ1v) is 7.51. The van der Waals surface area contributed by atoms with Gasteiger partial charge in [0.05, 0.1) is 0 Å². The van der Waals surface area contributed by atoms with E-state index in [1.165, 1.54) is 11.8 Å². The summed E-state index contributed by atoms with van der Waals surface area (Å²) in [6, 6.07) is 7.64. The third-order valence-corrected chi connectivity index (χ3v) is 3.48. The predicted molar refractivity (Wildman–Crippen MR) is 82.0 cm³/mol. The van der Waals surface area contributed by atoms with Crippen LogP contribution < -0.4 is 10.1 Å². The Kier molecular flexibility index (Phi) is 3.23. The Balaban J connectivity index is 2.24. The molecule has 0 fully saturated rings. The van der Waals surface area contributed by atoms with Crippen molar-refractivity contribution in [3.63, 3.8) is 0 Å². The van der Waals surface area contributed by atoms with E-state index in [1.54, 1.807) is 0 Å². The SMILES string of the molecule is CSc1nnc2c(n1)OC(S)(S)Nc1ccccc1-2. The average Bonchev–Trinajstić information content (AvgIpc) is 2.49. The fourth-order valence-corrected chi connectivity index (χ4v) is 2.47. The van der Waals surface area contributed by atoms with Crippen molar-refractivity contribution in [2.45, 2.75) is 9.55 Å². The van der Waals surface area contributed by atoms with Gasteiger partial charge in [0.25, 0.3) is 4.39 Å². The van der Waals surface area contributed by atoms with Crippen LogP contribution in [-0.4, -0.2) is 25.8 Å². The topological polar surface area (TPSA) is 59.9 Å². The van der Waals surface area contributed by atoms with Crippen LogP contribution >= 0.6 is 37.0 Å². The lowest BCUT2D eigenvalue weighted by Crippen LogP contribution is -2.31. The van der Waals surface area contributed by atoms with Crippen LogP contribution in [0.5, 0.6) is 5.88 Å². The maximum Gasteiger partial charge on any atom is 0.275 e. The molecule has 1 aromatic carbocycles. The number of ether oxygens (including phenoxy) is 1. The second kappa shape index (κ2) is 4.77. The Morgan fingerprint density at radius 1 is 1.26 bits per heavy atom. The number of anilines is 1. The number of fused-ring (bicyclic) bond motifs is 3. The van der Waals surface area contributed by atoms with Crippen molar-refractivity contribution in [2.24, 2.45) is 0 Å². The van der Waals surface area contributed by atoms with Gasteiger partial charge in [-0.3, -0.25) is 0 Å². The number of para-hydroxylation sites is 1. The van der Waals surface area contributed by atoms with Gasteiger partial charge in [-0.15, -0.1) is 10.2 Å². The van der Waals surface area contributed by atoms with Gasteiger partial charge >= 0.3 is 0 Å². The van der Waals surface area contributed by atoms with Gasteiger partial charge in [0, 0.05) is 11.3 Å². The monoisotopic (exact) mass is 310 g/mol. The number of rotatable bonds is 1. The third kappa shape index (κ3) is 2.47. The molecule has 0 saturated heterocycles. The van der Waals surface area contributed by atoms with Crippen LogP contribution in [0.25, 0.3) is 11.3 Å². The Bertz CT molecular complexity index is 635. The smallest absolute Gasteiger partial charge is 0.275 e. The van der Waals surface area contributed by atoms with Crippen molar-refractivity contribution in [1.29, 1.82) is 0 Å². The van der Waals surface area contributed by atoms with Gasteiger partial charge in [-0.05, 0) is 12.3 Å². The quantitative estimate of drug-likeness (QED) is 0.427. The first kappa shape index (κ1) is 12.9. The summed E-state index contributed by atoms with van der Waals surface area (Å²) in [6.07, 6.45) is 1.88. The van der Waals surface area contributed by atoms with Crippen molar-refractivity contribution >= 4 is 42.7 Å². The van der Waals surface area contributed by atoms with Gasteiger partial charge < -0.3 is 10.1 Å². The van der Waals surface area contributed by atoms with Gasteiger partial charge in [-0.2, -0.15) is 4.98 Å². The van der Waals surface area contributed by atoms with E-state index in [-0.39, 0.29) is 0 Å². The molecule has 1 N–H and O–H groups in total. The lowest BCUT2D eigenvalue weighted by Gasteiger charge is -2.23. The molecular weight excluding hydrogens is 300 g/mol. The number of thiol groups is 2. The number of nitrogens with one attached hydrogen (secondary N) is 1. The summed E-state index contributed by atoms with van der Waals surface area (Å²) in [5.74, 6) is 0.363. The summed E-state index contributed by atoms with van der Waals surface area (Å²) < 4.78 is 4.50. The Hall–Kier alpha value is -1.12. The number of hydrogen-bond donors (Lipinski definition) is 3. The zero-order chi connectivity index (χ0) is 13.5. The second-order valence-electron chi connectivity index (χ2n) is 3.83. The van der Waals surface area contributed by atoms with Crippen LogP contribution in [0.3, 0.4) is 0 Å². The molecule has 0 spiro atoms. The van der Waals surface area contributed by atoms with Crippen molar-refractivity contribution in [1.82, 2.24) is 15.2 Å². The summed E-state index contributed by atoms with van der Waals surface area (Å²) in [4.78, 5) is 4.32. The van der Waals surface area contributed by atoms with E-state index in [0.29, 0.717) is 16.7 Å². The number of thioether (sulfide) groups is 1. The molecule has 0 bridgehead atoms. The van der Waals surface area contributed by atoms with Crippen LogP contribution in [0.4, 0.5) is 5.69 Å². The number of benzene rings is 1. The molecule has 1 aliphatic heterocycles. The highest BCUT2D eigenvalue weighted by Gasteiger charge is 2.31. The van der Waals surface area contributed by atoms with Crippen LogP contribution in [0.2, 0.25) is 0 Å².